The van der Waals surface area contributed by atoms with Gasteiger partial charge in [0, 0.05) is 17.4 Å². The van der Waals surface area contributed by atoms with Gasteiger partial charge < -0.3 is 11.1 Å². The Morgan fingerprint density at radius 1 is 1.10 bits per heavy atom. The van der Waals surface area contributed by atoms with Gasteiger partial charge in [0.1, 0.15) is 0 Å². The van der Waals surface area contributed by atoms with Gasteiger partial charge in [-0.2, -0.15) is 0 Å². The van der Waals surface area contributed by atoms with Gasteiger partial charge >= 0.3 is 0 Å². The summed E-state index contributed by atoms with van der Waals surface area (Å²) in [6.45, 7) is 4.19. The topological polar surface area (TPSA) is 38.0 Å². The van der Waals surface area contributed by atoms with Gasteiger partial charge in [0.05, 0.1) is 0 Å². The zero-order valence-electron chi connectivity index (χ0n) is 12.1. The Labute approximate surface area is 121 Å². The van der Waals surface area contributed by atoms with Gasteiger partial charge in [0.25, 0.3) is 0 Å². The molecule has 3 rings (SSSR count). The molecule has 0 saturated carbocycles. The van der Waals surface area contributed by atoms with E-state index in [4.69, 9.17) is 5.73 Å². The van der Waals surface area contributed by atoms with Crippen molar-refractivity contribution < 1.29 is 0 Å². The predicted molar refractivity (Wildman–Crippen MR) is 88.8 cm³/mol. The highest BCUT2D eigenvalue weighted by molar-refractivity contribution is 5.63. The molecule has 2 aromatic carbocycles. The van der Waals surface area contributed by atoms with Crippen LogP contribution in [0.25, 0.3) is 6.08 Å². The second kappa shape index (κ2) is 6.80. The number of anilines is 2. The SMILES string of the molecule is C/C=C\c1ccccc1N.CC1Cc2ccccc2N1. The van der Waals surface area contributed by atoms with E-state index in [0.717, 1.165) is 11.3 Å². The van der Waals surface area contributed by atoms with Crippen LogP contribution in [0.1, 0.15) is 25.0 Å². The van der Waals surface area contributed by atoms with Crippen molar-refractivity contribution in [3.05, 3.63) is 65.7 Å². The van der Waals surface area contributed by atoms with Gasteiger partial charge in [-0.05, 0) is 43.5 Å². The normalized spacial score (nSPS) is 16.2. The molecule has 0 fully saturated rings. The predicted octanol–water partition coefficient (Wildman–Crippen LogP) is 4.35. The minimum absolute atomic E-state index is 0.623. The van der Waals surface area contributed by atoms with Crippen LogP contribution < -0.4 is 11.1 Å². The fraction of sp³-hybridized carbons (Fsp3) is 0.222. The molecule has 104 valence electrons. The van der Waals surface area contributed by atoms with Crippen LogP contribution in [0.2, 0.25) is 0 Å². The van der Waals surface area contributed by atoms with Crippen LogP contribution in [0.5, 0.6) is 0 Å². The van der Waals surface area contributed by atoms with E-state index in [1.165, 1.54) is 17.7 Å². The molecule has 1 heterocycles. The smallest absolute Gasteiger partial charge is 0.0387 e. The summed E-state index contributed by atoms with van der Waals surface area (Å²) in [5.41, 5.74) is 10.3. The maximum absolute atomic E-state index is 5.66. The Morgan fingerprint density at radius 3 is 2.50 bits per heavy atom. The summed E-state index contributed by atoms with van der Waals surface area (Å²) < 4.78 is 0. The average Bonchev–Trinajstić information content (AvgIpc) is 2.82. The van der Waals surface area contributed by atoms with E-state index in [0.29, 0.717) is 6.04 Å². The molecule has 2 nitrogen and oxygen atoms in total. The van der Waals surface area contributed by atoms with Gasteiger partial charge in [-0.1, -0.05) is 48.6 Å². The monoisotopic (exact) mass is 266 g/mol. The molecular formula is C18H22N2. The van der Waals surface area contributed by atoms with Gasteiger partial charge in [-0.3, -0.25) is 0 Å². The molecule has 3 N–H and O–H groups in total. The summed E-state index contributed by atoms with van der Waals surface area (Å²) in [5, 5.41) is 3.40. The van der Waals surface area contributed by atoms with Crippen LogP contribution in [-0.2, 0) is 6.42 Å². The zero-order chi connectivity index (χ0) is 14.4. The first kappa shape index (κ1) is 14.2. The molecular weight excluding hydrogens is 244 g/mol. The lowest BCUT2D eigenvalue weighted by Gasteiger charge is -2.00. The Bertz CT molecular complexity index is 562. The number of hydrogen-bond donors (Lipinski definition) is 2. The summed E-state index contributed by atoms with van der Waals surface area (Å²) >= 11 is 0. The zero-order valence-corrected chi connectivity index (χ0v) is 12.1. The highest BCUT2D eigenvalue weighted by atomic mass is 14.9. The van der Waals surface area contributed by atoms with E-state index in [9.17, 15) is 0 Å². The van der Waals surface area contributed by atoms with Crippen molar-refractivity contribution in [3.63, 3.8) is 0 Å². The number of nitrogens with two attached hydrogens (primary N) is 1. The maximum atomic E-state index is 5.66. The van der Waals surface area contributed by atoms with E-state index < -0.39 is 0 Å². The number of hydrogen-bond acceptors (Lipinski definition) is 2. The number of nitrogens with one attached hydrogen (secondary N) is 1. The number of rotatable bonds is 1. The lowest BCUT2D eigenvalue weighted by Crippen LogP contribution is -2.08. The van der Waals surface area contributed by atoms with E-state index in [1.807, 2.05) is 43.3 Å². The molecule has 0 spiro atoms. The molecule has 1 unspecified atom stereocenters. The van der Waals surface area contributed by atoms with Crippen LogP contribution in [-0.4, -0.2) is 6.04 Å². The van der Waals surface area contributed by atoms with E-state index in [2.05, 4.69) is 36.5 Å². The Kier molecular flexibility index (Phi) is 4.83. The van der Waals surface area contributed by atoms with Crippen LogP contribution in [0.3, 0.4) is 0 Å². The molecule has 2 aromatic rings. The summed E-state index contributed by atoms with van der Waals surface area (Å²) in [4.78, 5) is 0. The number of allylic oxidation sites excluding steroid dienone is 1. The third-order valence-electron chi connectivity index (χ3n) is 3.29. The molecule has 0 aliphatic carbocycles. The standard InChI is InChI=1S/2C9H11N/c1-7-6-8-4-2-3-5-9(8)10-7;1-2-5-8-6-3-4-7-9(8)10/h2-5,7,10H,6H2,1H3;2-7H,10H2,1H3/b;5-2-. The van der Waals surface area contributed by atoms with Gasteiger partial charge in [-0.25, -0.2) is 0 Å². The van der Waals surface area contributed by atoms with Crippen LogP contribution in [0.15, 0.2) is 54.6 Å². The van der Waals surface area contributed by atoms with Gasteiger partial charge in [-0.15, -0.1) is 0 Å². The van der Waals surface area contributed by atoms with Crippen LogP contribution in [0, 0.1) is 0 Å². The highest BCUT2D eigenvalue weighted by Gasteiger charge is 2.14. The number of benzene rings is 2. The third-order valence-corrected chi connectivity index (χ3v) is 3.29. The molecule has 2 heteroatoms. The molecule has 0 radical (unpaired) electrons. The van der Waals surface area contributed by atoms with Crippen molar-refractivity contribution in [1.29, 1.82) is 0 Å². The van der Waals surface area contributed by atoms with Crippen LogP contribution >= 0.6 is 0 Å². The maximum Gasteiger partial charge on any atom is 0.0387 e. The van der Waals surface area contributed by atoms with Crippen molar-refractivity contribution in [2.45, 2.75) is 26.3 Å². The molecule has 0 bridgehead atoms. The van der Waals surface area contributed by atoms with Gasteiger partial charge in [0.15, 0.2) is 0 Å². The first-order valence-electron chi connectivity index (χ1n) is 7.02. The molecule has 1 atom stereocenters. The molecule has 1 aliphatic rings. The third kappa shape index (κ3) is 3.64. The van der Waals surface area contributed by atoms with Crippen LogP contribution in [0.4, 0.5) is 11.4 Å². The summed E-state index contributed by atoms with van der Waals surface area (Å²) in [7, 11) is 0. The minimum Gasteiger partial charge on any atom is -0.398 e. The summed E-state index contributed by atoms with van der Waals surface area (Å²) in [6.07, 6.45) is 5.15. The minimum atomic E-state index is 0.623. The largest absolute Gasteiger partial charge is 0.398 e. The lowest BCUT2D eigenvalue weighted by atomic mass is 10.1. The van der Waals surface area contributed by atoms with Crippen molar-refractivity contribution in [2.24, 2.45) is 0 Å². The summed E-state index contributed by atoms with van der Waals surface area (Å²) in [5.74, 6) is 0. The molecule has 20 heavy (non-hydrogen) atoms. The second-order valence-corrected chi connectivity index (χ2v) is 5.04. The quantitative estimate of drug-likeness (QED) is 0.753. The molecule has 1 aliphatic heterocycles. The first-order valence-corrected chi connectivity index (χ1v) is 7.02. The van der Waals surface area contributed by atoms with Crippen molar-refractivity contribution in [1.82, 2.24) is 0 Å². The van der Waals surface area contributed by atoms with E-state index in [-0.39, 0.29) is 0 Å². The molecule has 0 amide bonds. The lowest BCUT2D eigenvalue weighted by molar-refractivity contribution is 0.839. The van der Waals surface area contributed by atoms with Crippen molar-refractivity contribution >= 4 is 17.5 Å². The number of fused-ring (bicyclic) bond motifs is 1. The van der Waals surface area contributed by atoms with E-state index in [1.54, 1.807) is 0 Å². The fourth-order valence-corrected chi connectivity index (χ4v) is 2.33. The summed E-state index contributed by atoms with van der Waals surface area (Å²) in [6, 6.07) is 16.9. The average molecular weight is 266 g/mol. The number of nitrogen functional groups attached to an aromatic ring is 1. The van der Waals surface area contributed by atoms with Crippen molar-refractivity contribution in [2.75, 3.05) is 11.1 Å². The first-order chi connectivity index (χ1) is 9.70. The Balaban J connectivity index is 0.000000147. The number of para-hydroxylation sites is 2. The molecule has 0 aromatic heterocycles. The highest BCUT2D eigenvalue weighted by Crippen LogP contribution is 2.24. The van der Waals surface area contributed by atoms with Crippen molar-refractivity contribution in [3.8, 4) is 0 Å². The Morgan fingerprint density at radius 2 is 1.80 bits per heavy atom. The second-order valence-electron chi connectivity index (χ2n) is 5.04. The van der Waals surface area contributed by atoms with E-state index >= 15 is 0 Å². The Hall–Kier alpha value is -2.22. The molecule has 0 saturated heterocycles. The van der Waals surface area contributed by atoms with Gasteiger partial charge in [0.2, 0.25) is 0 Å². The fourth-order valence-electron chi connectivity index (χ4n) is 2.33.